The van der Waals surface area contributed by atoms with Crippen LogP contribution in [-0.2, 0) is 25.5 Å². The largest absolute Gasteiger partial charge is 0.472 e. The smallest absolute Gasteiger partial charge is 0.333 e. The van der Waals surface area contributed by atoms with Crippen LogP contribution in [0.2, 0.25) is 0 Å². The lowest BCUT2D eigenvalue weighted by Gasteiger charge is -2.59. The summed E-state index contributed by atoms with van der Waals surface area (Å²) in [7, 11) is 1.40. The first-order chi connectivity index (χ1) is 13.7. The maximum atomic E-state index is 12.5. The van der Waals surface area contributed by atoms with E-state index in [1.54, 1.807) is 12.5 Å². The number of fused-ring (bicyclic) bond motifs is 1. The van der Waals surface area contributed by atoms with E-state index in [0.717, 1.165) is 31.2 Å². The third-order valence-electron chi connectivity index (χ3n) is 7.33. The minimum absolute atomic E-state index is 0.100. The van der Waals surface area contributed by atoms with E-state index < -0.39 is 11.5 Å². The van der Waals surface area contributed by atoms with Crippen molar-refractivity contribution in [2.75, 3.05) is 13.7 Å². The Balaban J connectivity index is 1.97. The molecule has 160 valence electrons. The van der Waals surface area contributed by atoms with Gasteiger partial charge in [-0.1, -0.05) is 19.9 Å². The maximum absolute atomic E-state index is 12.5. The van der Waals surface area contributed by atoms with Gasteiger partial charge in [0.05, 0.1) is 32.3 Å². The maximum Gasteiger partial charge on any atom is 0.333 e. The summed E-state index contributed by atoms with van der Waals surface area (Å²) in [5.41, 5.74) is 0.949. The van der Waals surface area contributed by atoms with Gasteiger partial charge < -0.3 is 19.0 Å². The zero-order chi connectivity index (χ0) is 21.2. The summed E-state index contributed by atoms with van der Waals surface area (Å²) in [5, 5.41) is 11.1. The summed E-state index contributed by atoms with van der Waals surface area (Å²) in [5.74, 6) is -0.659. The van der Waals surface area contributed by atoms with Crippen molar-refractivity contribution in [3.63, 3.8) is 0 Å². The molecule has 0 bridgehead atoms. The number of carbonyl (C=O) groups excluding carboxylic acids is 2. The van der Waals surface area contributed by atoms with Gasteiger partial charge in [0.1, 0.15) is 0 Å². The Labute approximate surface area is 172 Å². The normalized spacial score (nSPS) is 34.1. The molecule has 0 saturated heterocycles. The monoisotopic (exact) mass is 404 g/mol. The number of rotatable bonds is 6. The van der Waals surface area contributed by atoms with Crippen LogP contribution in [0.3, 0.4) is 0 Å². The van der Waals surface area contributed by atoms with Crippen molar-refractivity contribution < 1.29 is 28.6 Å². The van der Waals surface area contributed by atoms with E-state index in [1.807, 2.05) is 12.1 Å². The van der Waals surface area contributed by atoms with E-state index >= 15 is 0 Å². The number of carbonyl (C=O) groups is 2. The average Bonchev–Trinajstić information content (AvgIpc) is 3.19. The molecular weight excluding hydrogens is 372 g/mol. The predicted molar refractivity (Wildman–Crippen MR) is 107 cm³/mol. The van der Waals surface area contributed by atoms with Gasteiger partial charge in [-0.15, -0.1) is 0 Å². The third kappa shape index (κ3) is 4.00. The molecule has 1 saturated carbocycles. The molecule has 1 aromatic heterocycles. The van der Waals surface area contributed by atoms with E-state index in [-0.39, 0.29) is 29.2 Å². The minimum Gasteiger partial charge on any atom is -0.472 e. The Kier molecular flexibility index (Phi) is 6.22. The zero-order valence-electron chi connectivity index (χ0n) is 17.8. The van der Waals surface area contributed by atoms with Gasteiger partial charge in [-0.25, -0.2) is 4.79 Å². The molecule has 29 heavy (non-hydrogen) atoms. The second kappa shape index (κ2) is 8.34. The Morgan fingerprint density at radius 3 is 2.72 bits per heavy atom. The fourth-order valence-electron chi connectivity index (χ4n) is 5.84. The van der Waals surface area contributed by atoms with Gasteiger partial charge in [0, 0.05) is 23.8 Å². The fraction of sp³-hybridized carbons (Fsp3) is 0.652. The van der Waals surface area contributed by atoms with Crippen molar-refractivity contribution in [2.45, 2.75) is 59.0 Å². The number of hydrogen-bond acceptors (Lipinski definition) is 6. The van der Waals surface area contributed by atoms with Crippen LogP contribution < -0.4 is 0 Å². The number of aryl methyl sites for hydroxylation is 1. The van der Waals surface area contributed by atoms with Crippen molar-refractivity contribution >= 4 is 11.9 Å². The molecule has 6 nitrogen and oxygen atoms in total. The third-order valence-corrected chi connectivity index (χ3v) is 7.33. The molecule has 0 aliphatic heterocycles. The summed E-state index contributed by atoms with van der Waals surface area (Å²) >= 11 is 0. The number of aliphatic hydroxyl groups excluding tert-OH is 1. The first-order valence-corrected chi connectivity index (χ1v) is 10.3. The van der Waals surface area contributed by atoms with Crippen molar-refractivity contribution in [2.24, 2.45) is 22.7 Å². The Bertz CT molecular complexity index is 766. The van der Waals surface area contributed by atoms with E-state index in [4.69, 9.17) is 13.9 Å². The van der Waals surface area contributed by atoms with Crippen LogP contribution in [-0.4, -0.2) is 36.9 Å². The van der Waals surface area contributed by atoms with Gasteiger partial charge in [0.25, 0.3) is 0 Å². The topological polar surface area (TPSA) is 86.0 Å². The van der Waals surface area contributed by atoms with Gasteiger partial charge in [-0.3, -0.25) is 4.79 Å². The standard InChI is InChI=1S/C23H32O6/c1-15(24)29-14-17-8-11-23(3)18(21(26)27-4)5-6-19(25)20(23)22(17,2)10-7-16-9-12-28-13-16/h5,9,12-13,17,19-20,25H,6-8,10-11,14H2,1-4H3. The van der Waals surface area contributed by atoms with Crippen LogP contribution in [0.5, 0.6) is 0 Å². The highest BCUT2D eigenvalue weighted by Crippen LogP contribution is 2.62. The lowest BCUT2D eigenvalue weighted by Crippen LogP contribution is -2.57. The molecule has 6 heteroatoms. The van der Waals surface area contributed by atoms with Crippen LogP contribution in [0.15, 0.2) is 34.7 Å². The summed E-state index contributed by atoms with van der Waals surface area (Å²) in [4.78, 5) is 24.0. The van der Waals surface area contributed by atoms with Crippen molar-refractivity contribution in [3.8, 4) is 0 Å². The van der Waals surface area contributed by atoms with Gasteiger partial charge in [0.2, 0.25) is 0 Å². The number of esters is 2. The molecule has 1 heterocycles. The molecule has 2 aliphatic carbocycles. The summed E-state index contributed by atoms with van der Waals surface area (Å²) in [6, 6.07) is 1.95. The van der Waals surface area contributed by atoms with Gasteiger partial charge >= 0.3 is 11.9 Å². The van der Waals surface area contributed by atoms with Gasteiger partial charge in [-0.05, 0) is 55.1 Å². The lowest BCUT2D eigenvalue weighted by molar-refractivity contribution is -0.157. The Morgan fingerprint density at radius 1 is 1.34 bits per heavy atom. The number of ether oxygens (including phenoxy) is 2. The van der Waals surface area contributed by atoms with Crippen LogP contribution in [0.25, 0.3) is 0 Å². The molecule has 3 rings (SSSR count). The first kappa shape index (κ1) is 21.6. The second-order valence-corrected chi connectivity index (χ2v) is 8.98. The van der Waals surface area contributed by atoms with E-state index in [1.165, 1.54) is 14.0 Å². The predicted octanol–water partition coefficient (Wildman–Crippen LogP) is 3.68. The van der Waals surface area contributed by atoms with Crippen LogP contribution >= 0.6 is 0 Å². The number of methoxy groups -OCH3 is 1. The highest BCUT2D eigenvalue weighted by molar-refractivity contribution is 5.90. The molecule has 0 aromatic carbocycles. The molecule has 1 aromatic rings. The molecule has 1 fully saturated rings. The zero-order valence-corrected chi connectivity index (χ0v) is 17.8. The highest BCUT2D eigenvalue weighted by Gasteiger charge is 2.59. The second-order valence-electron chi connectivity index (χ2n) is 8.98. The van der Waals surface area contributed by atoms with E-state index in [9.17, 15) is 14.7 Å². The van der Waals surface area contributed by atoms with Crippen LogP contribution in [0.4, 0.5) is 0 Å². The Morgan fingerprint density at radius 2 is 2.10 bits per heavy atom. The summed E-state index contributed by atoms with van der Waals surface area (Å²) in [6.07, 6.45) is 8.23. The van der Waals surface area contributed by atoms with Crippen molar-refractivity contribution in [1.29, 1.82) is 0 Å². The molecule has 5 unspecified atom stereocenters. The van der Waals surface area contributed by atoms with Crippen LogP contribution in [0, 0.1) is 22.7 Å². The van der Waals surface area contributed by atoms with E-state index in [2.05, 4.69) is 13.8 Å². The molecule has 0 amide bonds. The minimum atomic E-state index is -0.567. The number of aliphatic hydroxyl groups is 1. The van der Waals surface area contributed by atoms with E-state index in [0.29, 0.717) is 18.6 Å². The molecule has 5 atom stereocenters. The molecule has 0 radical (unpaired) electrons. The Hall–Kier alpha value is -2.08. The van der Waals surface area contributed by atoms with Gasteiger partial charge in [0.15, 0.2) is 0 Å². The summed E-state index contributed by atoms with van der Waals surface area (Å²) < 4.78 is 15.7. The molecular formula is C23H32O6. The van der Waals surface area contributed by atoms with Crippen molar-refractivity contribution in [1.82, 2.24) is 0 Å². The van der Waals surface area contributed by atoms with Crippen LogP contribution in [0.1, 0.15) is 52.0 Å². The first-order valence-electron chi connectivity index (χ1n) is 10.3. The number of furan rings is 1. The fourth-order valence-corrected chi connectivity index (χ4v) is 5.84. The molecule has 1 N–H and O–H groups in total. The lowest BCUT2D eigenvalue weighted by atomic mass is 9.45. The molecule has 0 spiro atoms. The SMILES string of the molecule is COC(=O)C1=CCC(O)C2C1(C)CCC(COC(C)=O)C2(C)CCc1ccoc1. The summed E-state index contributed by atoms with van der Waals surface area (Å²) in [6.45, 7) is 5.99. The highest BCUT2D eigenvalue weighted by atomic mass is 16.5. The molecule has 2 aliphatic rings. The quantitative estimate of drug-likeness (QED) is 0.728. The average molecular weight is 405 g/mol. The number of hydrogen-bond donors (Lipinski definition) is 1. The van der Waals surface area contributed by atoms with Crippen molar-refractivity contribution in [3.05, 3.63) is 35.8 Å². The van der Waals surface area contributed by atoms with Gasteiger partial charge in [-0.2, -0.15) is 0 Å².